The van der Waals surface area contributed by atoms with Crippen LogP contribution in [0.3, 0.4) is 0 Å². The maximum atomic E-state index is 13.7. The van der Waals surface area contributed by atoms with Gasteiger partial charge in [-0.15, -0.1) is 0 Å². The van der Waals surface area contributed by atoms with Gasteiger partial charge >= 0.3 is 0 Å². The Morgan fingerprint density at radius 2 is 1.91 bits per heavy atom. The first-order valence-electron chi connectivity index (χ1n) is 11.8. The first kappa shape index (κ1) is 21.4. The molecule has 1 aromatic heterocycles. The van der Waals surface area contributed by atoms with Gasteiger partial charge in [-0.1, -0.05) is 35.9 Å². The summed E-state index contributed by atoms with van der Waals surface area (Å²) in [6.45, 7) is 4.86. The topological polar surface area (TPSA) is 67.2 Å². The van der Waals surface area contributed by atoms with E-state index in [1.807, 2.05) is 25.1 Å². The summed E-state index contributed by atoms with van der Waals surface area (Å²) in [5.41, 5.74) is 4.51. The highest BCUT2D eigenvalue weighted by atomic mass is 16.2. The molecule has 1 saturated carbocycles. The number of hydrogen-bond acceptors (Lipinski definition) is 4. The Labute approximate surface area is 194 Å². The zero-order valence-corrected chi connectivity index (χ0v) is 19.3. The van der Waals surface area contributed by atoms with Crippen LogP contribution in [0.1, 0.15) is 65.2 Å². The van der Waals surface area contributed by atoms with E-state index >= 15 is 0 Å². The van der Waals surface area contributed by atoms with Crippen LogP contribution < -0.4 is 15.8 Å². The molecule has 1 aliphatic carbocycles. The molecular weight excluding hydrogens is 412 g/mol. The number of aryl methyl sites for hydroxylation is 2. The lowest BCUT2D eigenvalue weighted by Crippen LogP contribution is -2.39. The molecule has 1 atom stereocenters. The van der Waals surface area contributed by atoms with E-state index < -0.39 is 0 Å². The second-order valence-electron chi connectivity index (χ2n) is 9.29. The molecule has 1 aliphatic heterocycles. The number of rotatable bonds is 5. The molecule has 0 radical (unpaired) electrons. The minimum absolute atomic E-state index is 0.0865. The van der Waals surface area contributed by atoms with Gasteiger partial charge < -0.3 is 10.2 Å². The Balaban J connectivity index is 1.53. The number of carbonyl (C=O) groups excluding carboxylic acids is 1. The number of carbonyl (C=O) groups is 1. The average molecular weight is 443 g/mol. The zero-order chi connectivity index (χ0) is 22.9. The van der Waals surface area contributed by atoms with Crippen molar-refractivity contribution in [3.8, 4) is 5.69 Å². The Kier molecular flexibility index (Phi) is 5.75. The monoisotopic (exact) mass is 442 g/mol. The third-order valence-corrected chi connectivity index (χ3v) is 6.67. The van der Waals surface area contributed by atoms with Crippen molar-refractivity contribution in [2.45, 2.75) is 58.0 Å². The summed E-state index contributed by atoms with van der Waals surface area (Å²) in [7, 11) is 0. The zero-order valence-electron chi connectivity index (χ0n) is 19.3. The van der Waals surface area contributed by atoms with Crippen molar-refractivity contribution in [1.29, 1.82) is 0 Å². The quantitative estimate of drug-likeness (QED) is 0.633. The van der Waals surface area contributed by atoms with Gasteiger partial charge in [0.1, 0.15) is 0 Å². The Bertz CT molecular complexity index is 1240. The standard InChI is InChI=1S/C27H30N4O2/c1-18-6-5-7-20(16-18)23-8-3-4-14-30(23)25-27(33)31(15-13-28-25)24-17-21(10-9-19(24)2)26(32)29-22-11-12-22/h5-7,9-10,13,15-17,22-23H,3-4,8,11-12,14H2,1-2H3,(H,29,32). The Morgan fingerprint density at radius 3 is 2.70 bits per heavy atom. The predicted octanol–water partition coefficient (Wildman–Crippen LogP) is 4.47. The molecule has 6 heteroatoms. The molecule has 33 heavy (non-hydrogen) atoms. The van der Waals surface area contributed by atoms with Gasteiger partial charge in [0, 0.05) is 30.5 Å². The molecule has 6 nitrogen and oxygen atoms in total. The molecule has 2 fully saturated rings. The van der Waals surface area contributed by atoms with Gasteiger partial charge in [-0.25, -0.2) is 4.98 Å². The SMILES string of the molecule is Cc1cccc(C2CCCCN2c2nccn(-c3cc(C(=O)NC4CC4)ccc3C)c2=O)c1. The van der Waals surface area contributed by atoms with E-state index in [9.17, 15) is 9.59 Å². The Morgan fingerprint density at radius 1 is 1.06 bits per heavy atom. The second-order valence-corrected chi connectivity index (χ2v) is 9.29. The van der Waals surface area contributed by atoms with Gasteiger partial charge in [0.2, 0.25) is 0 Å². The van der Waals surface area contributed by atoms with Crippen LogP contribution in [0.15, 0.2) is 59.7 Å². The molecule has 1 amide bonds. The molecular formula is C27H30N4O2. The molecule has 1 unspecified atom stereocenters. The summed E-state index contributed by atoms with van der Waals surface area (Å²) in [5, 5.41) is 3.03. The molecule has 1 saturated heterocycles. The molecule has 5 rings (SSSR count). The lowest BCUT2D eigenvalue weighted by atomic mass is 9.94. The van der Waals surface area contributed by atoms with Crippen LogP contribution in [0.25, 0.3) is 5.69 Å². The van der Waals surface area contributed by atoms with Gasteiger partial charge in [0.25, 0.3) is 11.5 Å². The molecule has 3 aromatic rings. The van der Waals surface area contributed by atoms with Gasteiger partial charge in [-0.2, -0.15) is 0 Å². The minimum Gasteiger partial charge on any atom is -0.349 e. The van der Waals surface area contributed by atoms with Crippen LogP contribution in [0, 0.1) is 13.8 Å². The lowest BCUT2D eigenvalue weighted by molar-refractivity contribution is 0.0951. The molecule has 170 valence electrons. The van der Waals surface area contributed by atoms with Gasteiger partial charge in [-0.05, 0) is 69.2 Å². The van der Waals surface area contributed by atoms with E-state index in [2.05, 4.69) is 46.4 Å². The van der Waals surface area contributed by atoms with E-state index in [0.717, 1.165) is 49.9 Å². The largest absolute Gasteiger partial charge is 0.349 e. The highest BCUT2D eigenvalue weighted by Gasteiger charge is 2.28. The van der Waals surface area contributed by atoms with Crippen molar-refractivity contribution >= 4 is 11.7 Å². The smallest absolute Gasteiger partial charge is 0.298 e. The van der Waals surface area contributed by atoms with Crippen LogP contribution in [-0.4, -0.2) is 28.0 Å². The van der Waals surface area contributed by atoms with Crippen molar-refractivity contribution in [2.24, 2.45) is 0 Å². The van der Waals surface area contributed by atoms with Gasteiger partial charge in [0.05, 0.1) is 11.7 Å². The fourth-order valence-corrected chi connectivity index (χ4v) is 4.70. The molecule has 2 aromatic carbocycles. The van der Waals surface area contributed by atoms with Crippen molar-refractivity contribution in [3.05, 3.63) is 87.5 Å². The van der Waals surface area contributed by atoms with E-state index in [4.69, 9.17) is 0 Å². The summed E-state index contributed by atoms with van der Waals surface area (Å²) in [6, 6.07) is 14.5. The van der Waals surface area contributed by atoms with Crippen molar-refractivity contribution in [2.75, 3.05) is 11.4 Å². The summed E-state index contributed by atoms with van der Waals surface area (Å²) < 4.78 is 1.63. The maximum Gasteiger partial charge on any atom is 0.298 e. The van der Waals surface area contributed by atoms with E-state index in [0.29, 0.717) is 11.4 Å². The van der Waals surface area contributed by atoms with Crippen LogP contribution in [0.5, 0.6) is 0 Å². The second kappa shape index (κ2) is 8.85. The molecule has 0 bridgehead atoms. The lowest BCUT2D eigenvalue weighted by Gasteiger charge is -2.36. The number of aromatic nitrogens is 2. The van der Waals surface area contributed by atoms with Crippen LogP contribution >= 0.6 is 0 Å². The first-order chi connectivity index (χ1) is 16.0. The fraction of sp³-hybridized carbons (Fsp3) is 0.370. The van der Waals surface area contributed by atoms with E-state index in [-0.39, 0.29) is 23.6 Å². The summed E-state index contributed by atoms with van der Waals surface area (Å²) >= 11 is 0. The van der Waals surface area contributed by atoms with Crippen LogP contribution in [0.2, 0.25) is 0 Å². The normalized spacial score (nSPS) is 18.2. The number of hydrogen-bond donors (Lipinski definition) is 1. The van der Waals surface area contributed by atoms with Crippen LogP contribution in [-0.2, 0) is 0 Å². The summed E-state index contributed by atoms with van der Waals surface area (Å²) in [6.07, 6.45) is 8.62. The van der Waals surface area contributed by atoms with Crippen molar-refractivity contribution in [1.82, 2.24) is 14.9 Å². The number of piperidine rings is 1. The highest BCUT2D eigenvalue weighted by molar-refractivity contribution is 5.95. The minimum atomic E-state index is -0.153. The molecule has 1 N–H and O–H groups in total. The molecule has 2 heterocycles. The Hall–Kier alpha value is -3.41. The summed E-state index contributed by atoms with van der Waals surface area (Å²) in [5.74, 6) is 0.382. The third-order valence-electron chi connectivity index (χ3n) is 6.67. The number of benzene rings is 2. The molecule has 0 spiro atoms. The van der Waals surface area contributed by atoms with Crippen LogP contribution in [0.4, 0.5) is 5.82 Å². The number of amides is 1. The van der Waals surface area contributed by atoms with E-state index in [1.165, 1.54) is 11.1 Å². The number of anilines is 1. The van der Waals surface area contributed by atoms with Crippen molar-refractivity contribution in [3.63, 3.8) is 0 Å². The predicted molar refractivity (Wildman–Crippen MR) is 130 cm³/mol. The van der Waals surface area contributed by atoms with E-state index in [1.54, 1.807) is 17.0 Å². The third kappa shape index (κ3) is 4.42. The first-order valence-corrected chi connectivity index (χ1v) is 11.8. The van der Waals surface area contributed by atoms with Gasteiger partial charge in [0.15, 0.2) is 5.82 Å². The van der Waals surface area contributed by atoms with Gasteiger partial charge in [-0.3, -0.25) is 14.2 Å². The maximum absolute atomic E-state index is 13.7. The van der Waals surface area contributed by atoms with Crippen molar-refractivity contribution < 1.29 is 4.79 Å². The molecule has 2 aliphatic rings. The highest BCUT2D eigenvalue weighted by Crippen LogP contribution is 2.33. The average Bonchev–Trinajstić information content (AvgIpc) is 3.64. The number of nitrogens with zero attached hydrogens (tertiary/aromatic N) is 3. The fourth-order valence-electron chi connectivity index (χ4n) is 4.70. The number of nitrogens with one attached hydrogen (secondary N) is 1. The summed E-state index contributed by atoms with van der Waals surface area (Å²) in [4.78, 5) is 33.0.